The summed E-state index contributed by atoms with van der Waals surface area (Å²) in [4.78, 5) is 4.45. The lowest BCUT2D eigenvalue weighted by Gasteiger charge is -2.36. The topological polar surface area (TPSA) is 37.0 Å². The van der Waals surface area contributed by atoms with Gasteiger partial charge in [0.25, 0.3) is 0 Å². The Morgan fingerprint density at radius 3 is 2.16 bits per heavy atom. The molecule has 0 spiro atoms. The van der Waals surface area contributed by atoms with E-state index in [-0.39, 0.29) is 11.4 Å². The molecule has 4 aromatic rings. The third-order valence-electron chi connectivity index (χ3n) is 6.04. The summed E-state index contributed by atoms with van der Waals surface area (Å²) < 4.78 is 53.1. The Labute approximate surface area is 225 Å². The first-order valence-electron chi connectivity index (χ1n) is 11.8. The van der Waals surface area contributed by atoms with E-state index in [1.807, 2.05) is 36.4 Å². The van der Waals surface area contributed by atoms with E-state index in [2.05, 4.69) is 22.2 Å². The van der Waals surface area contributed by atoms with Crippen molar-refractivity contribution in [3.63, 3.8) is 0 Å². The number of nitrogens with one attached hydrogen (secondary N) is 2. The average molecular weight is 542 g/mol. The first-order chi connectivity index (χ1) is 18.1. The number of alkyl halides is 3. The van der Waals surface area contributed by atoms with Gasteiger partial charge in [0.2, 0.25) is 0 Å². The summed E-state index contributed by atoms with van der Waals surface area (Å²) in [6.45, 7) is 5.25. The minimum absolute atomic E-state index is 0.141. The van der Waals surface area contributed by atoms with E-state index in [9.17, 15) is 17.6 Å². The summed E-state index contributed by atoms with van der Waals surface area (Å²) in [5.41, 5.74) is 1.18. The number of aromatic nitrogens is 1. The van der Waals surface area contributed by atoms with Gasteiger partial charge in [-0.05, 0) is 66.2 Å². The lowest BCUT2D eigenvalue weighted by molar-refractivity contribution is -0.138. The fraction of sp³-hybridized carbons (Fsp3) is 0.167. The maximum Gasteiger partial charge on any atom is 0.416 e. The molecule has 4 rings (SSSR count). The summed E-state index contributed by atoms with van der Waals surface area (Å²) in [7, 11) is 1.76. The van der Waals surface area contributed by atoms with Gasteiger partial charge in [0.05, 0.1) is 16.3 Å². The van der Waals surface area contributed by atoms with E-state index in [4.69, 9.17) is 11.6 Å². The molecule has 0 aliphatic rings. The largest absolute Gasteiger partial charge is 0.416 e. The molecule has 1 aromatic heterocycles. The van der Waals surface area contributed by atoms with Gasteiger partial charge in [-0.2, -0.15) is 13.2 Å². The molecule has 0 saturated heterocycles. The second-order valence-electron chi connectivity index (χ2n) is 8.51. The van der Waals surface area contributed by atoms with Gasteiger partial charge in [-0.3, -0.25) is 4.98 Å². The number of pyridine rings is 1. The zero-order valence-corrected chi connectivity index (χ0v) is 21.7. The van der Waals surface area contributed by atoms with Gasteiger partial charge in [-0.15, -0.1) is 0 Å². The number of rotatable bonds is 7. The monoisotopic (exact) mass is 541 g/mol. The molecular weight excluding hydrogens is 514 g/mol. The van der Waals surface area contributed by atoms with Gasteiger partial charge in [0, 0.05) is 25.4 Å². The van der Waals surface area contributed by atoms with Gasteiger partial charge in [-0.25, -0.2) is 4.39 Å². The number of hydrogen-bond acceptors (Lipinski definition) is 3. The Bertz CT molecular complexity index is 1340. The van der Waals surface area contributed by atoms with Crippen LogP contribution in [-0.2, 0) is 18.1 Å². The summed E-state index contributed by atoms with van der Waals surface area (Å²) in [6.07, 6.45) is -1.11. The van der Waals surface area contributed by atoms with Gasteiger partial charge in [-0.1, -0.05) is 66.7 Å². The van der Waals surface area contributed by atoms with Crippen LogP contribution in [-0.4, -0.2) is 12.0 Å². The quantitative estimate of drug-likeness (QED) is 0.232. The minimum atomic E-state index is -4.46. The number of benzene rings is 3. The molecule has 3 nitrogen and oxygen atoms in total. The molecule has 0 amide bonds. The summed E-state index contributed by atoms with van der Waals surface area (Å²) >= 11 is 6.01. The van der Waals surface area contributed by atoms with Crippen molar-refractivity contribution in [2.75, 3.05) is 12.4 Å². The van der Waals surface area contributed by atoms with Crippen molar-refractivity contribution in [2.24, 2.45) is 0 Å². The van der Waals surface area contributed by atoms with Crippen LogP contribution in [0.25, 0.3) is 0 Å². The van der Waals surface area contributed by atoms with Crippen molar-refractivity contribution in [1.82, 2.24) is 10.3 Å². The van der Waals surface area contributed by atoms with Gasteiger partial charge >= 0.3 is 6.18 Å². The van der Waals surface area contributed by atoms with E-state index in [0.717, 1.165) is 17.3 Å². The Morgan fingerprint density at radius 1 is 0.921 bits per heavy atom. The molecule has 38 heavy (non-hydrogen) atoms. The van der Waals surface area contributed by atoms with Crippen LogP contribution >= 0.6 is 11.6 Å². The van der Waals surface area contributed by atoms with E-state index >= 15 is 0 Å². The van der Waals surface area contributed by atoms with Crippen molar-refractivity contribution in [1.29, 1.82) is 0 Å². The molecule has 0 aliphatic heterocycles. The molecule has 1 atom stereocenters. The maximum absolute atomic E-state index is 13.6. The molecule has 0 bridgehead atoms. The van der Waals surface area contributed by atoms with E-state index in [1.54, 1.807) is 31.3 Å². The number of hydrogen-bond donors (Lipinski definition) is 2. The van der Waals surface area contributed by atoms with E-state index in [0.29, 0.717) is 22.7 Å². The van der Waals surface area contributed by atoms with Crippen molar-refractivity contribution >= 4 is 17.3 Å². The molecule has 0 radical (unpaired) electrons. The highest BCUT2D eigenvalue weighted by atomic mass is 35.5. The summed E-state index contributed by atoms with van der Waals surface area (Å²) in [5, 5.41) is 6.48. The van der Waals surface area contributed by atoms with Crippen LogP contribution in [0.15, 0.2) is 104 Å². The van der Waals surface area contributed by atoms with Crippen molar-refractivity contribution in [2.45, 2.75) is 25.1 Å². The van der Waals surface area contributed by atoms with Crippen LogP contribution in [0.4, 0.5) is 23.2 Å². The van der Waals surface area contributed by atoms with Crippen LogP contribution in [0.3, 0.4) is 0 Å². The van der Waals surface area contributed by atoms with Crippen molar-refractivity contribution in [3.05, 3.63) is 143 Å². The minimum Gasteiger partial charge on any atom is -0.388 e. The molecule has 0 saturated carbocycles. The molecule has 2 N–H and O–H groups in total. The van der Waals surface area contributed by atoms with Gasteiger partial charge in [0.15, 0.2) is 0 Å². The fourth-order valence-electron chi connectivity index (χ4n) is 4.28. The summed E-state index contributed by atoms with van der Waals surface area (Å²) in [6, 6.07) is 23.5. The molecule has 3 aromatic carbocycles. The zero-order valence-electron chi connectivity index (χ0n) is 21.0. The molecule has 0 aliphatic carbocycles. The second kappa shape index (κ2) is 12.6. The van der Waals surface area contributed by atoms with Crippen LogP contribution in [0.5, 0.6) is 0 Å². The predicted molar refractivity (Wildman–Crippen MR) is 146 cm³/mol. The second-order valence-corrected chi connectivity index (χ2v) is 8.95. The molecule has 0 unspecified atom stereocenters. The van der Waals surface area contributed by atoms with Crippen LogP contribution in [0.2, 0.25) is 5.02 Å². The fourth-order valence-corrected chi connectivity index (χ4v) is 4.39. The first kappa shape index (κ1) is 28.7. The van der Waals surface area contributed by atoms with E-state index < -0.39 is 17.3 Å². The zero-order chi connectivity index (χ0) is 27.8. The average Bonchev–Trinajstić information content (AvgIpc) is 2.89. The number of halogens is 5. The van der Waals surface area contributed by atoms with Crippen molar-refractivity contribution in [3.8, 4) is 0 Å². The molecule has 8 heteroatoms. The predicted octanol–water partition coefficient (Wildman–Crippen LogP) is 8.15. The normalized spacial score (nSPS) is 12.5. The SMILES string of the molecule is C=CN[C@](Cc1ccccc1)(c1ccc(Cl)cn1)c1cccc(C(F)(F)F)c1C.CNc1cccc(F)c1. The smallest absolute Gasteiger partial charge is 0.388 e. The highest BCUT2D eigenvalue weighted by molar-refractivity contribution is 6.30. The lowest BCUT2D eigenvalue weighted by Crippen LogP contribution is -2.44. The third-order valence-corrected chi connectivity index (χ3v) is 6.26. The Hall–Kier alpha value is -3.84. The number of anilines is 1. The summed E-state index contributed by atoms with van der Waals surface area (Å²) in [5.74, 6) is -0.207. The molecule has 198 valence electrons. The van der Waals surface area contributed by atoms with Crippen LogP contribution in [0, 0.1) is 12.7 Å². The number of nitrogens with zero attached hydrogens (tertiary/aromatic N) is 1. The standard InChI is InChI=1S/C23H20ClF3N2.C7H8FN/c1-3-29-22(14-17-8-5-4-6-9-17,21-13-12-18(24)15-28-21)19-10-7-11-20(16(19)2)23(25,26)27;1-9-7-4-2-3-6(8)5-7/h3-13,15,29H,1,14H2,2H3;2-5,9H,1H3/t22-;/m0./s1. The lowest BCUT2D eigenvalue weighted by atomic mass is 9.77. The maximum atomic E-state index is 13.6. The van der Waals surface area contributed by atoms with Crippen LogP contribution < -0.4 is 10.6 Å². The Kier molecular flexibility index (Phi) is 9.53. The molecule has 1 heterocycles. The molecular formula is C30H28ClF4N3. The highest BCUT2D eigenvalue weighted by Gasteiger charge is 2.40. The molecule has 0 fully saturated rings. The van der Waals surface area contributed by atoms with Crippen LogP contribution in [0.1, 0.15) is 27.9 Å². The van der Waals surface area contributed by atoms with Crippen molar-refractivity contribution < 1.29 is 17.6 Å². The van der Waals surface area contributed by atoms with Gasteiger partial charge in [0.1, 0.15) is 11.4 Å². The van der Waals surface area contributed by atoms with E-state index in [1.165, 1.54) is 37.5 Å². The highest BCUT2D eigenvalue weighted by Crippen LogP contribution is 2.40. The first-order valence-corrected chi connectivity index (χ1v) is 12.1. The van der Waals surface area contributed by atoms with Gasteiger partial charge < -0.3 is 10.6 Å². The Balaban J connectivity index is 0.000000375. The third kappa shape index (κ3) is 6.92. The Morgan fingerprint density at radius 2 is 1.61 bits per heavy atom.